The molecule has 1 amide bonds. The molecule has 2 heterocycles. The van der Waals surface area contributed by atoms with Crippen molar-refractivity contribution < 1.29 is 13.6 Å². The van der Waals surface area contributed by atoms with Crippen molar-refractivity contribution in [1.82, 2.24) is 10.6 Å². The normalized spacial score (nSPS) is 28.3. The second-order valence-electron chi connectivity index (χ2n) is 5.82. The lowest BCUT2D eigenvalue weighted by atomic mass is 9.86. The van der Waals surface area contributed by atoms with Gasteiger partial charge in [-0.25, -0.2) is 8.78 Å². The fourth-order valence-electron chi connectivity index (χ4n) is 3.07. The number of piperidine rings is 1. The molecule has 1 aromatic carbocycles. The van der Waals surface area contributed by atoms with Gasteiger partial charge in [0.15, 0.2) is 11.6 Å². The maximum absolute atomic E-state index is 13.5. The van der Waals surface area contributed by atoms with E-state index in [9.17, 15) is 13.6 Å². The zero-order chi connectivity index (χ0) is 16.2. The largest absolute Gasteiger partial charge is 0.350 e. The molecular formula is C16H20F2N2OS2. The van der Waals surface area contributed by atoms with Gasteiger partial charge >= 0.3 is 0 Å². The van der Waals surface area contributed by atoms with Crippen molar-refractivity contribution >= 4 is 29.4 Å². The number of rotatable bonds is 3. The predicted molar refractivity (Wildman–Crippen MR) is 92.1 cm³/mol. The highest BCUT2D eigenvalue weighted by atomic mass is 32.2. The number of nitrogens with one attached hydrogen (secondary N) is 2. The van der Waals surface area contributed by atoms with Crippen LogP contribution >= 0.6 is 23.5 Å². The highest BCUT2D eigenvalue weighted by Gasteiger charge is 2.31. The van der Waals surface area contributed by atoms with Gasteiger partial charge in [0.05, 0.1) is 5.25 Å². The Labute approximate surface area is 143 Å². The highest BCUT2D eigenvalue weighted by molar-refractivity contribution is 8.07. The average molecular weight is 358 g/mol. The van der Waals surface area contributed by atoms with Gasteiger partial charge in [-0.2, -0.15) is 11.8 Å². The minimum absolute atomic E-state index is 0.0107. The van der Waals surface area contributed by atoms with Crippen molar-refractivity contribution in [1.29, 1.82) is 0 Å². The molecule has 1 aromatic rings. The van der Waals surface area contributed by atoms with Crippen LogP contribution in [-0.4, -0.2) is 47.5 Å². The van der Waals surface area contributed by atoms with Crippen LogP contribution in [0.15, 0.2) is 18.2 Å². The summed E-state index contributed by atoms with van der Waals surface area (Å²) in [7, 11) is 0. The zero-order valence-electron chi connectivity index (χ0n) is 12.7. The van der Waals surface area contributed by atoms with Gasteiger partial charge in [0.1, 0.15) is 0 Å². The summed E-state index contributed by atoms with van der Waals surface area (Å²) >= 11 is 3.50. The number of amides is 1. The number of carbonyl (C=O) groups is 1. The number of carbonyl (C=O) groups excluding carboxylic acids is 1. The Morgan fingerprint density at radius 2 is 2.13 bits per heavy atom. The molecule has 0 aliphatic carbocycles. The number of thioether (sulfide) groups is 2. The van der Waals surface area contributed by atoms with E-state index in [1.54, 1.807) is 29.6 Å². The Morgan fingerprint density at radius 1 is 1.26 bits per heavy atom. The second-order valence-corrected chi connectivity index (χ2v) is 8.28. The summed E-state index contributed by atoms with van der Waals surface area (Å²) in [6.07, 6.45) is 0.794. The van der Waals surface area contributed by atoms with Crippen molar-refractivity contribution in [3.05, 3.63) is 35.4 Å². The summed E-state index contributed by atoms with van der Waals surface area (Å²) in [6, 6.07) is 3.96. The van der Waals surface area contributed by atoms with Gasteiger partial charge in [-0.1, -0.05) is 6.07 Å². The summed E-state index contributed by atoms with van der Waals surface area (Å²) < 4.78 is 26.7. The smallest absolute Gasteiger partial charge is 0.234 e. The number of benzene rings is 1. The molecule has 7 heteroatoms. The molecule has 0 saturated carbocycles. The highest BCUT2D eigenvalue weighted by Crippen LogP contribution is 2.28. The lowest BCUT2D eigenvalue weighted by Gasteiger charge is -2.34. The molecule has 2 N–H and O–H groups in total. The van der Waals surface area contributed by atoms with Crippen LogP contribution in [0.5, 0.6) is 0 Å². The van der Waals surface area contributed by atoms with Gasteiger partial charge < -0.3 is 10.6 Å². The van der Waals surface area contributed by atoms with E-state index in [-0.39, 0.29) is 23.1 Å². The van der Waals surface area contributed by atoms with Gasteiger partial charge in [-0.05, 0) is 30.7 Å². The molecule has 2 fully saturated rings. The summed E-state index contributed by atoms with van der Waals surface area (Å²) in [5, 5.41) is 6.38. The second kappa shape index (κ2) is 7.85. The fourth-order valence-corrected chi connectivity index (χ4v) is 5.63. The van der Waals surface area contributed by atoms with E-state index in [2.05, 4.69) is 10.6 Å². The third kappa shape index (κ3) is 4.19. The Hall–Kier alpha value is -0.790. The third-order valence-corrected chi connectivity index (χ3v) is 7.04. The monoisotopic (exact) mass is 358 g/mol. The lowest BCUT2D eigenvalue weighted by molar-refractivity contribution is -0.121. The van der Waals surface area contributed by atoms with Crippen molar-refractivity contribution in [2.45, 2.75) is 23.6 Å². The van der Waals surface area contributed by atoms with Crippen LogP contribution in [0.25, 0.3) is 0 Å². The summed E-state index contributed by atoms with van der Waals surface area (Å²) in [4.78, 5) is 12.5. The van der Waals surface area contributed by atoms with E-state index < -0.39 is 11.6 Å². The molecule has 0 bridgehead atoms. The standard InChI is InChI=1S/C16H20F2N2OS2/c17-12-2-1-10(7-13(12)18)11-3-4-19-8-14(11)20-16(21)15-9-22-5-6-23-15/h1-2,7,11,14-15,19H,3-6,8-9H2,(H,20,21). The Kier molecular flexibility index (Phi) is 5.82. The number of hydrogen-bond acceptors (Lipinski definition) is 4. The molecule has 2 aliphatic rings. The molecule has 3 unspecified atom stereocenters. The molecule has 23 heavy (non-hydrogen) atoms. The van der Waals surface area contributed by atoms with Crippen molar-refractivity contribution in [2.75, 3.05) is 30.3 Å². The van der Waals surface area contributed by atoms with E-state index in [0.29, 0.717) is 6.54 Å². The Bertz CT molecular complexity index is 567. The van der Waals surface area contributed by atoms with Crippen LogP contribution in [0.1, 0.15) is 17.9 Å². The summed E-state index contributed by atoms with van der Waals surface area (Å²) in [5.74, 6) is 1.34. The SMILES string of the molecule is O=C(NC1CNCCC1c1ccc(F)c(F)c1)C1CSCCS1. The molecule has 126 valence electrons. The van der Waals surface area contributed by atoms with E-state index in [4.69, 9.17) is 0 Å². The average Bonchev–Trinajstić information content (AvgIpc) is 2.59. The molecule has 2 saturated heterocycles. The third-order valence-electron chi connectivity index (χ3n) is 4.29. The molecule has 2 aliphatic heterocycles. The van der Waals surface area contributed by atoms with Crippen LogP contribution < -0.4 is 10.6 Å². The number of halogens is 2. The molecule has 0 aromatic heterocycles. The topological polar surface area (TPSA) is 41.1 Å². The van der Waals surface area contributed by atoms with Crippen LogP contribution in [0.3, 0.4) is 0 Å². The van der Waals surface area contributed by atoms with E-state index in [1.807, 2.05) is 0 Å². The lowest BCUT2D eigenvalue weighted by Crippen LogP contribution is -2.52. The van der Waals surface area contributed by atoms with Gasteiger partial charge in [0.2, 0.25) is 5.91 Å². The van der Waals surface area contributed by atoms with Gasteiger partial charge in [0.25, 0.3) is 0 Å². The molecule has 3 atom stereocenters. The minimum atomic E-state index is -0.834. The van der Waals surface area contributed by atoms with Crippen LogP contribution in [0.4, 0.5) is 8.78 Å². The van der Waals surface area contributed by atoms with Crippen LogP contribution in [0.2, 0.25) is 0 Å². The fraction of sp³-hybridized carbons (Fsp3) is 0.562. The number of hydrogen-bond donors (Lipinski definition) is 2. The first-order chi connectivity index (χ1) is 11.1. The predicted octanol–water partition coefficient (Wildman–Crippen LogP) is 2.38. The molecular weight excluding hydrogens is 338 g/mol. The van der Waals surface area contributed by atoms with Crippen LogP contribution in [0, 0.1) is 11.6 Å². The first-order valence-corrected chi connectivity index (χ1v) is 10.0. The summed E-state index contributed by atoms with van der Waals surface area (Å²) in [5.41, 5.74) is 0.751. The first-order valence-electron chi connectivity index (χ1n) is 7.80. The zero-order valence-corrected chi connectivity index (χ0v) is 14.3. The van der Waals surface area contributed by atoms with E-state index in [1.165, 1.54) is 12.1 Å². The molecule has 0 spiro atoms. The van der Waals surface area contributed by atoms with Crippen molar-refractivity contribution in [3.63, 3.8) is 0 Å². The van der Waals surface area contributed by atoms with E-state index in [0.717, 1.165) is 35.8 Å². The van der Waals surface area contributed by atoms with Gasteiger partial charge in [-0.3, -0.25) is 4.79 Å². The molecule has 3 nitrogen and oxygen atoms in total. The summed E-state index contributed by atoms with van der Waals surface area (Å²) in [6.45, 7) is 1.46. The maximum atomic E-state index is 13.5. The van der Waals surface area contributed by atoms with Gasteiger partial charge in [-0.15, -0.1) is 11.8 Å². The van der Waals surface area contributed by atoms with Gasteiger partial charge in [0, 0.05) is 35.8 Å². The minimum Gasteiger partial charge on any atom is -0.350 e. The quantitative estimate of drug-likeness (QED) is 0.871. The van der Waals surface area contributed by atoms with Crippen molar-refractivity contribution in [2.24, 2.45) is 0 Å². The maximum Gasteiger partial charge on any atom is 0.234 e. The van der Waals surface area contributed by atoms with Crippen molar-refractivity contribution in [3.8, 4) is 0 Å². The van der Waals surface area contributed by atoms with Crippen LogP contribution in [-0.2, 0) is 4.79 Å². The molecule has 0 radical (unpaired) electrons. The molecule has 3 rings (SSSR count). The first kappa shape index (κ1) is 17.0. The van der Waals surface area contributed by atoms with E-state index >= 15 is 0 Å². The Morgan fingerprint density at radius 3 is 2.87 bits per heavy atom. The Balaban J connectivity index is 1.70.